The van der Waals surface area contributed by atoms with Crippen molar-refractivity contribution in [3.63, 3.8) is 0 Å². The third kappa shape index (κ3) is 3.00. The van der Waals surface area contributed by atoms with Gasteiger partial charge in [0.15, 0.2) is 0 Å². The normalized spacial score (nSPS) is 12.0. The van der Waals surface area contributed by atoms with Crippen LogP contribution in [0.25, 0.3) is 5.69 Å². The number of carbonyl (C=O) groups is 2. The average molecular weight is 304 g/mol. The maximum Gasteiger partial charge on any atom is 0.325 e. The molecule has 6 heteroatoms. The fraction of sp³-hybridized carbons (Fsp3) is 0.250. The molecule has 116 valence electrons. The molecule has 1 atom stereocenters. The van der Waals surface area contributed by atoms with Gasteiger partial charge in [0.05, 0.1) is 5.56 Å². The molecule has 1 heterocycles. The highest BCUT2D eigenvalue weighted by molar-refractivity contribution is 5.98. The lowest BCUT2D eigenvalue weighted by Crippen LogP contribution is -2.38. The lowest BCUT2D eigenvalue weighted by molar-refractivity contribution is -0.138. The molecule has 22 heavy (non-hydrogen) atoms. The van der Waals surface area contributed by atoms with E-state index in [1.54, 1.807) is 25.1 Å². The molecule has 0 aliphatic heterocycles. The molecule has 1 aromatic heterocycles. The van der Waals surface area contributed by atoms with Gasteiger partial charge in [-0.25, -0.2) is 4.39 Å². The average Bonchev–Trinajstić information content (AvgIpc) is 2.75. The molecule has 0 aliphatic rings. The topological polar surface area (TPSA) is 71.3 Å². The van der Waals surface area contributed by atoms with Gasteiger partial charge in [0.2, 0.25) is 0 Å². The van der Waals surface area contributed by atoms with Crippen LogP contribution in [0.2, 0.25) is 0 Å². The summed E-state index contributed by atoms with van der Waals surface area (Å²) in [6.45, 7) is 4.99. The zero-order valence-corrected chi connectivity index (χ0v) is 12.6. The van der Waals surface area contributed by atoms with Crippen LogP contribution in [0.1, 0.15) is 28.7 Å². The molecule has 0 saturated carbocycles. The highest BCUT2D eigenvalue weighted by atomic mass is 19.1. The van der Waals surface area contributed by atoms with E-state index in [9.17, 15) is 14.0 Å². The van der Waals surface area contributed by atoms with Crippen LogP contribution in [0, 0.1) is 19.7 Å². The number of amides is 1. The summed E-state index contributed by atoms with van der Waals surface area (Å²) in [6.07, 6.45) is 0. The Morgan fingerprint density at radius 3 is 2.36 bits per heavy atom. The van der Waals surface area contributed by atoms with Gasteiger partial charge in [-0.15, -0.1) is 0 Å². The van der Waals surface area contributed by atoms with E-state index in [4.69, 9.17) is 5.11 Å². The number of nitrogens with zero attached hydrogens (tertiary/aromatic N) is 1. The number of benzene rings is 1. The first kappa shape index (κ1) is 15.8. The number of hydrogen-bond acceptors (Lipinski definition) is 2. The van der Waals surface area contributed by atoms with E-state index in [0.29, 0.717) is 11.3 Å². The Labute approximate surface area is 127 Å². The molecule has 0 saturated heterocycles. The number of hydrogen-bond donors (Lipinski definition) is 2. The van der Waals surface area contributed by atoms with Gasteiger partial charge in [-0.3, -0.25) is 9.59 Å². The molecule has 0 aliphatic carbocycles. The second-order valence-corrected chi connectivity index (χ2v) is 5.13. The summed E-state index contributed by atoms with van der Waals surface area (Å²) in [7, 11) is 0. The Morgan fingerprint density at radius 2 is 1.82 bits per heavy atom. The van der Waals surface area contributed by atoms with E-state index in [2.05, 4.69) is 5.32 Å². The molecule has 0 spiro atoms. The summed E-state index contributed by atoms with van der Waals surface area (Å²) in [5, 5.41) is 11.3. The van der Waals surface area contributed by atoms with Gasteiger partial charge in [0, 0.05) is 17.1 Å². The van der Waals surface area contributed by atoms with Crippen molar-refractivity contribution in [1.82, 2.24) is 9.88 Å². The highest BCUT2D eigenvalue weighted by Crippen LogP contribution is 2.21. The van der Waals surface area contributed by atoms with Gasteiger partial charge in [0.25, 0.3) is 5.91 Å². The molecule has 2 N–H and O–H groups in total. The fourth-order valence-electron chi connectivity index (χ4n) is 2.32. The van der Waals surface area contributed by atoms with Crippen LogP contribution < -0.4 is 5.32 Å². The van der Waals surface area contributed by atoms with Crippen LogP contribution in [0.15, 0.2) is 30.3 Å². The Balaban J connectivity index is 2.37. The van der Waals surface area contributed by atoms with Gasteiger partial charge in [-0.05, 0) is 51.1 Å². The van der Waals surface area contributed by atoms with Crippen LogP contribution in [-0.2, 0) is 4.79 Å². The van der Waals surface area contributed by atoms with Gasteiger partial charge >= 0.3 is 5.97 Å². The van der Waals surface area contributed by atoms with E-state index in [-0.39, 0.29) is 5.82 Å². The van der Waals surface area contributed by atoms with Crippen LogP contribution in [-0.4, -0.2) is 27.6 Å². The van der Waals surface area contributed by atoms with Crippen molar-refractivity contribution < 1.29 is 19.1 Å². The van der Waals surface area contributed by atoms with Crippen molar-refractivity contribution in [3.05, 3.63) is 53.1 Å². The fourth-order valence-corrected chi connectivity index (χ4v) is 2.32. The Kier molecular flexibility index (Phi) is 4.30. The number of aromatic nitrogens is 1. The number of nitrogens with one attached hydrogen (secondary N) is 1. The number of aryl methyl sites for hydroxylation is 1. The summed E-state index contributed by atoms with van der Waals surface area (Å²) in [4.78, 5) is 23.0. The predicted molar refractivity (Wildman–Crippen MR) is 79.8 cm³/mol. The molecule has 2 aromatic rings. The third-order valence-electron chi connectivity index (χ3n) is 3.48. The van der Waals surface area contributed by atoms with Crippen molar-refractivity contribution in [2.24, 2.45) is 0 Å². The second-order valence-electron chi connectivity index (χ2n) is 5.13. The number of aliphatic carboxylic acids is 1. The number of rotatable bonds is 4. The van der Waals surface area contributed by atoms with Gasteiger partial charge in [-0.1, -0.05) is 0 Å². The monoisotopic (exact) mass is 304 g/mol. The SMILES string of the molecule is Cc1cc(C(=O)NC(C)C(=O)O)c(C)n1-c1ccc(F)cc1. The van der Waals surface area contributed by atoms with Gasteiger partial charge < -0.3 is 15.0 Å². The minimum Gasteiger partial charge on any atom is -0.480 e. The molecule has 1 amide bonds. The Hall–Kier alpha value is -2.63. The van der Waals surface area contributed by atoms with Crippen molar-refractivity contribution >= 4 is 11.9 Å². The maximum absolute atomic E-state index is 13.0. The first-order valence-electron chi connectivity index (χ1n) is 6.80. The Morgan fingerprint density at radius 1 is 1.23 bits per heavy atom. The largest absolute Gasteiger partial charge is 0.480 e. The molecule has 0 fully saturated rings. The third-order valence-corrected chi connectivity index (χ3v) is 3.48. The summed E-state index contributed by atoms with van der Waals surface area (Å²) in [5.74, 6) is -1.88. The van der Waals surface area contributed by atoms with Gasteiger partial charge in [-0.2, -0.15) is 0 Å². The molecule has 0 bridgehead atoms. The standard InChI is InChI=1S/C16H17FN2O3/c1-9-8-14(15(20)18-10(2)16(21)22)11(3)19(9)13-6-4-12(17)5-7-13/h4-8,10H,1-3H3,(H,18,20)(H,21,22). The second kappa shape index (κ2) is 6.01. The summed E-state index contributed by atoms with van der Waals surface area (Å²) < 4.78 is 14.8. The van der Waals surface area contributed by atoms with E-state index >= 15 is 0 Å². The summed E-state index contributed by atoms with van der Waals surface area (Å²) >= 11 is 0. The maximum atomic E-state index is 13.0. The quantitative estimate of drug-likeness (QED) is 0.911. The van der Waals surface area contributed by atoms with E-state index < -0.39 is 17.9 Å². The van der Waals surface area contributed by atoms with E-state index in [1.165, 1.54) is 19.1 Å². The summed E-state index contributed by atoms with van der Waals surface area (Å²) in [5.41, 5.74) is 2.60. The zero-order valence-electron chi connectivity index (χ0n) is 12.6. The number of halogens is 1. The molecular formula is C16H17FN2O3. The van der Waals surface area contributed by atoms with Crippen molar-refractivity contribution in [2.75, 3.05) is 0 Å². The molecule has 1 aromatic carbocycles. The number of carboxylic acid groups (broad SMARTS) is 1. The molecule has 1 unspecified atom stereocenters. The molecule has 5 nitrogen and oxygen atoms in total. The highest BCUT2D eigenvalue weighted by Gasteiger charge is 2.20. The first-order chi connectivity index (χ1) is 10.3. The Bertz CT molecular complexity index is 720. The van der Waals surface area contributed by atoms with Gasteiger partial charge in [0.1, 0.15) is 11.9 Å². The lowest BCUT2D eigenvalue weighted by Gasteiger charge is -2.11. The number of carboxylic acids is 1. The summed E-state index contributed by atoms with van der Waals surface area (Å²) in [6, 6.07) is 6.65. The van der Waals surface area contributed by atoms with Crippen LogP contribution in [0.4, 0.5) is 4.39 Å². The lowest BCUT2D eigenvalue weighted by atomic mass is 10.2. The minimum absolute atomic E-state index is 0.334. The molecule has 2 rings (SSSR count). The minimum atomic E-state index is -1.10. The van der Waals surface area contributed by atoms with Crippen LogP contribution in [0.3, 0.4) is 0 Å². The van der Waals surface area contributed by atoms with Crippen molar-refractivity contribution in [1.29, 1.82) is 0 Å². The smallest absolute Gasteiger partial charge is 0.325 e. The van der Waals surface area contributed by atoms with Crippen LogP contribution >= 0.6 is 0 Å². The van der Waals surface area contributed by atoms with Crippen molar-refractivity contribution in [3.8, 4) is 5.69 Å². The number of carbonyl (C=O) groups excluding carboxylic acids is 1. The van der Waals surface area contributed by atoms with Crippen molar-refractivity contribution in [2.45, 2.75) is 26.8 Å². The molecular weight excluding hydrogens is 287 g/mol. The zero-order chi connectivity index (χ0) is 16.4. The first-order valence-corrected chi connectivity index (χ1v) is 6.80. The molecule has 0 radical (unpaired) electrons. The predicted octanol–water partition coefficient (Wildman–Crippen LogP) is 2.44. The van der Waals surface area contributed by atoms with E-state index in [0.717, 1.165) is 11.4 Å². The van der Waals surface area contributed by atoms with Crippen LogP contribution in [0.5, 0.6) is 0 Å². The van der Waals surface area contributed by atoms with E-state index in [1.807, 2.05) is 11.5 Å².